The predicted molar refractivity (Wildman–Crippen MR) is 223 cm³/mol. The molecule has 0 saturated heterocycles. The average molecular weight is 826 g/mol. The quantitative estimate of drug-likeness (QED) is 0.113. The number of alkyl carbamates (subject to hydrolysis) is 1. The maximum Gasteiger partial charge on any atom is 0.408 e. The summed E-state index contributed by atoms with van der Waals surface area (Å²) in [5.74, 6) is 5.97. The molecule has 0 radical (unpaired) electrons. The Hall–Kier alpha value is -4.03. The van der Waals surface area contributed by atoms with Gasteiger partial charge in [-0.05, 0) is 180 Å². The summed E-state index contributed by atoms with van der Waals surface area (Å²) in [6.07, 6.45) is 20.5. The molecule has 8 rings (SSSR count). The maximum absolute atomic E-state index is 13.8. The van der Waals surface area contributed by atoms with Crippen molar-refractivity contribution in [3.05, 3.63) is 58.7 Å². The number of terminal acetylenes is 2. The number of carbonyl (C=O) groups excluding carboxylic acids is 2. The van der Waals surface area contributed by atoms with Gasteiger partial charge < -0.3 is 29.2 Å². The molecule has 10 nitrogen and oxygen atoms in total. The first-order valence-electron chi connectivity index (χ1n) is 21.5. The molecule has 1 amide bonds. The summed E-state index contributed by atoms with van der Waals surface area (Å²) in [4.78, 5) is 26.7. The van der Waals surface area contributed by atoms with Gasteiger partial charge in [-0.15, -0.1) is 12.8 Å². The van der Waals surface area contributed by atoms with Crippen LogP contribution >= 0.6 is 0 Å². The number of esters is 1. The molecule has 6 aliphatic carbocycles. The van der Waals surface area contributed by atoms with E-state index in [9.17, 15) is 28.2 Å². The van der Waals surface area contributed by atoms with Crippen LogP contribution < -0.4 is 14.2 Å². The molecule has 0 spiro atoms. The standard InChI is InChI=1S/C48H59NO9S/c1-8-47(52)24-20-39-37-14-10-29-26-31(12-16-33(29)35(37)18-22-45(39,47)6)56-42(50)41(49-43(51)57-44(3,4)5)28-59(54,55)58-32-13-17-34-30(27-32)11-15-38-36(34)19-23-46(7)40(38)21-25-48(46,53)9-2/h1-2,12-13,16-17,26-27,35-41,52-53H,10-11,14-15,18-25,28H2,3-7H3,(H,49,51)/t35?,36?,37?,38?,39?,40?,41?,45-,46-,47-,48-/m0/s1. The maximum atomic E-state index is 13.8. The van der Waals surface area contributed by atoms with Gasteiger partial charge in [0.1, 0.15) is 40.1 Å². The van der Waals surface area contributed by atoms with E-state index in [0.29, 0.717) is 42.4 Å². The van der Waals surface area contributed by atoms with Gasteiger partial charge in [0.05, 0.1) is 0 Å². The smallest absolute Gasteiger partial charge is 0.408 e. The Balaban J connectivity index is 0.963. The van der Waals surface area contributed by atoms with Crippen molar-refractivity contribution in [2.75, 3.05) is 5.75 Å². The molecule has 59 heavy (non-hydrogen) atoms. The molecule has 316 valence electrons. The molecule has 4 fully saturated rings. The third-order valence-corrected chi connectivity index (χ3v) is 17.2. The molecule has 0 aromatic heterocycles. The summed E-state index contributed by atoms with van der Waals surface area (Å²) in [5.41, 5.74) is 0.760. The zero-order chi connectivity index (χ0) is 42.3. The van der Waals surface area contributed by atoms with E-state index in [2.05, 4.69) is 31.0 Å². The molecule has 2 aromatic carbocycles. The SMILES string of the molecule is C#C[C@]1(O)CCC2C3CCc4cc(OC(=O)C(CS(=O)(=O)Oc5ccc6c(c5)CCC5C6CC[C@@]6(C)C5CC[C@@]6(O)C#C)NC(=O)OC(C)(C)C)ccc4C3CC[C@@]21C. The van der Waals surface area contributed by atoms with Gasteiger partial charge >= 0.3 is 22.2 Å². The van der Waals surface area contributed by atoms with Crippen LogP contribution in [0.1, 0.15) is 133 Å². The van der Waals surface area contributed by atoms with E-state index in [4.69, 9.17) is 26.5 Å². The monoisotopic (exact) mass is 825 g/mol. The van der Waals surface area contributed by atoms with Crippen molar-refractivity contribution < 1.29 is 41.9 Å². The van der Waals surface area contributed by atoms with Crippen LogP contribution in [-0.4, -0.2) is 59.3 Å². The van der Waals surface area contributed by atoms with Crippen molar-refractivity contribution >= 4 is 22.2 Å². The van der Waals surface area contributed by atoms with Crippen LogP contribution in [0.15, 0.2) is 36.4 Å². The molecule has 11 atom stereocenters. The van der Waals surface area contributed by atoms with Crippen molar-refractivity contribution in [1.82, 2.24) is 5.32 Å². The van der Waals surface area contributed by atoms with Crippen molar-refractivity contribution in [3.8, 4) is 36.2 Å². The fourth-order valence-electron chi connectivity index (χ4n) is 12.9. The number of amides is 1. The van der Waals surface area contributed by atoms with E-state index in [-0.39, 0.29) is 28.2 Å². The lowest BCUT2D eigenvalue weighted by Gasteiger charge is -2.52. The summed E-state index contributed by atoms with van der Waals surface area (Å²) in [7, 11) is -4.44. The van der Waals surface area contributed by atoms with Crippen LogP contribution in [0.4, 0.5) is 4.79 Å². The van der Waals surface area contributed by atoms with Crippen LogP contribution in [0.25, 0.3) is 0 Å². The average Bonchev–Trinajstić information content (AvgIpc) is 3.61. The first-order valence-corrected chi connectivity index (χ1v) is 23.1. The fraction of sp³-hybridized carbons (Fsp3) is 0.625. The van der Waals surface area contributed by atoms with Gasteiger partial charge in [-0.1, -0.05) is 37.8 Å². The Morgan fingerprint density at radius 3 is 1.78 bits per heavy atom. The molecule has 0 heterocycles. The van der Waals surface area contributed by atoms with Crippen molar-refractivity contribution in [2.45, 2.75) is 146 Å². The zero-order valence-corrected chi connectivity index (χ0v) is 35.8. The van der Waals surface area contributed by atoms with Gasteiger partial charge in [0.25, 0.3) is 0 Å². The van der Waals surface area contributed by atoms with Gasteiger partial charge in [0, 0.05) is 10.8 Å². The minimum absolute atomic E-state index is 0.132. The molecule has 7 unspecified atom stereocenters. The number of aliphatic hydroxyl groups is 2. The first kappa shape index (κ1) is 41.7. The van der Waals surface area contributed by atoms with E-state index in [1.807, 2.05) is 18.2 Å². The molecule has 0 bridgehead atoms. The highest BCUT2D eigenvalue weighted by molar-refractivity contribution is 7.87. The molecule has 6 aliphatic rings. The highest BCUT2D eigenvalue weighted by Crippen LogP contribution is 2.65. The third kappa shape index (κ3) is 7.13. The van der Waals surface area contributed by atoms with E-state index in [0.717, 1.165) is 75.3 Å². The summed E-state index contributed by atoms with van der Waals surface area (Å²) < 4.78 is 44.2. The van der Waals surface area contributed by atoms with E-state index < -0.39 is 50.8 Å². The summed E-state index contributed by atoms with van der Waals surface area (Å²) in [6, 6.07) is 9.29. The van der Waals surface area contributed by atoms with Crippen LogP contribution in [0.3, 0.4) is 0 Å². The number of rotatable bonds is 7. The molecule has 2 aromatic rings. The number of fused-ring (bicyclic) bond motifs is 10. The summed E-state index contributed by atoms with van der Waals surface area (Å²) in [5, 5.41) is 25.0. The van der Waals surface area contributed by atoms with Crippen LogP contribution in [0.2, 0.25) is 0 Å². The lowest BCUT2D eigenvalue weighted by Crippen LogP contribution is -2.50. The number of hydrogen-bond donors (Lipinski definition) is 3. The van der Waals surface area contributed by atoms with Gasteiger partial charge in [-0.2, -0.15) is 8.42 Å². The molecule has 3 N–H and O–H groups in total. The Bertz CT molecular complexity index is 2230. The molecule has 0 aliphatic heterocycles. The van der Waals surface area contributed by atoms with Gasteiger partial charge in [0.2, 0.25) is 0 Å². The first-order chi connectivity index (χ1) is 27.7. The minimum atomic E-state index is -4.44. The second-order valence-electron chi connectivity index (χ2n) is 20.0. The van der Waals surface area contributed by atoms with Gasteiger partial charge in [-0.3, -0.25) is 0 Å². The van der Waals surface area contributed by atoms with E-state index >= 15 is 0 Å². The number of ether oxygens (including phenoxy) is 2. The number of hydrogen-bond acceptors (Lipinski definition) is 9. The normalized spacial score (nSPS) is 36.1. The molecule has 11 heteroatoms. The second-order valence-corrected chi connectivity index (χ2v) is 21.6. The lowest BCUT2D eigenvalue weighted by atomic mass is 9.53. The summed E-state index contributed by atoms with van der Waals surface area (Å²) in [6.45, 7) is 9.30. The number of benzene rings is 2. The van der Waals surface area contributed by atoms with Gasteiger partial charge in [-0.25, -0.2) is 9.59 Å². The molecule has 4 saturated carbocycles. The Morgan fingerprint density at radius 1 is 0.797 bits per heavy atom. The molecular formula is C48H59NO9S. The lowest BCUT2D eigenvalue weighted by molar-refractivity contribution is -0.136. The highest BCUT2D eigenvalue weighted by Gasteiger charge is 2.62. The van der Waals surface area contributed by atoms with Crippen LogP contribution in [-0.2, 0) is 32.5 Å². The topological polar surface area (TPSA) is 148 Å². The van der Waals surface area contributed by atoms with Crippen molar-refractivity contribution in [2.24, 2.45) is 34.5 Å². The number of aryl methyl sites for hydroxylation is 2. The van der Waals surface area contributed by atoms with Crippen LogP contribution in [0, 0.1) is 59.2 Å². The Labute approximate surface area is 349 Å². The summed E-state index contributed by atoms with van der Waals surface area (Å²) >= 11 is 0. The Morgan fingerprint density at radius 2 is 1.29 bits per heavy atom. The molecular weight excluding hydrogens is 767 g/mol. The number of nitrogens with one attached hydrogen (secondary N) is 1. The predicted octanol–water partition coefficient (Wildman–Crippen LogP) is 7.33. The second kappa shape index (κ2) is 14.6. The van der Waals surface area contributed by atoms with Crippen molar-refractivity contribution in [3.63, 3.8) is 0 Å². The van der Waals surface area contributed by atoms with E-state index in [1.165, 1.54) is 11.1 Å². The highest BCUT2D eigenvalue weighted by atomic mass is 32.2. The van der Waals surface area contributed by atoms with Gasteiger partial charge in [0.15, 0.2) is 0 Å². The van der Waals surface area contributed by atoms with E-state index in [1.54, 1.807) is 39.0 Å². The Kier molecular flexibility index (Phi) is 10.3. The zero-order valence-electron chi connectivity index (χ0n) is 35.0. The fourth-order valence-corrected chi connectivity index (χ4v) is 14.0. The van der Waals surface area contributed by atoms with Crippen LogP contribution in [0.5, 0.6) is 11.5 Å². The largest absolute Gasteiger partial charge is 0.444 e. The number of carbonyl (C=O) groups is 2. The third-order valence-electron chi connectivity index (χ3n) is 16.0. The van der Waals surface area contributed by atoms with Crippen molar-refractivity contribution in [1.29, 1.82) is 0 Å². The minimum Gasteiger partial charge on any atom is -0.444 e.